The summed E-state index contributed by atoms with van der Waals surface area (Å²) in [4.78, 5) is 4.50. The first-order chi connectivity index (χ1) is 16.1. The third kappa shape index (κ3) is 3.82. The first-order valence-electron chi connectivity index (χ1n) is 10.4. The highest BCUT2D eigenvalue weighted by Crippen LogP contribution is 2.44. The van der Waals surface area contributed by atoms with Gasteiger partial charge < -0.3 is 14.4 Å². The molecule has 1 aliphatic rings. The first kappa shape index (κ1) is 22.4. The lowest BCUT2D eigenvalue weighted by Gasteiger charge is -2.19. The van der Waals surface area contributed by atoms with Crippen molar-refractivity contribution in [3.63, 3.8) is 0 Å². The van der Waals surface area contributed by atoms with Gasteiger partial charge in [0.05, 0.1) is 22.0 Å². The van der Waals surface area contributed by atoms with E-state index in [1.54, 1.807) is 28.8 Å². The van der Waals surface area contributed by atoms with Gasteiger partial charge in [0, 0.05) is 29.9 Å². The SMILES string of the molecule is CS(=O)(=O)c1ccc(-c2cc3c(cc2F)nc2n3C(c3ccccc3OC(F)F)CC2O)cc1. The van der Waals surface area contributed by atoms with E-state index in [-0.39, 0.29) is 22.6 Å². The Morgan fingerprint density at radius 2 is 1.82 bits per heavy atom. The Labute approximate surface area is 193 Å². The number of rotatable bonds is 5. The summed E-state index contributed by atoms with van der Waals surface area (Å²) in [6.07, 6.45) is 0.306. The normalized spacial score (nSPS) is 17.9. The number of aliphatic hydroxyl groups is 1. The number of hydrogen-bond acceptors (Lipinski definition) is 5. The van der Waals surface area contributed by atoms with Crippen LogP contribution in [0.15, 0.2) is 65.6 Å². The van der Waals surface area contributed by atoms with Crippen LogP contribution in [0, 0.1) is 5.82 Å². The summed E-state index contributed by atoms with van der Waals surface area (Å²) in [5.74, 6) is -0.275. The van der Waals surface area contributed by atoms with Crippen LogP contribution in [-0.4, -0.2) is 35.9 Å². The molecular formula is C24H19F3N2O4S. The molecule has 2 unspecified atom stereocenters. The van der Waals surface area contributed by atoms with E-state index in [1.807, 2.05) is 0 Å². The van der Waals surface area contributed by atoms with E-state index >= 15 is 0 Å². The summed E-state index contributed by atoms with van der Waals surface area (Å²) < 4.78 is 70.8. The summed E-state index contributed by atoms with van der Waals surface area (Å²) in [6, 6.07) is 14.4. The van der Waals surface area contributed by atoms with E-state index in [0.29, 0.717) is 28.0 Å². The molecule has 176 valence electrons. The second-order valence-electron chi connectivity index (χ2n) is 8.14. The molecule has 34 heavy (non-hydrogen) atoms. The zero-order valence-corrected chi connectivity index (χ0v) is 18.6. The van der Waals surface area contributed by atoms with Gasteiger partial charge in [-0.1, -0.05) is 30.3 Å². The standard InChI is InChI=1S/C24H19F3N2O4S/c1-34(31,32)14-8-6-13(7-9-14)16-10-20-18(11-17(16)25)28-23-21(30)12-19(29(20)23)15-4-2-3-5-22(15)33-24(26)27/h2-11,19,21,24,30H,12H2,1H3. The average molecular weight is 488 g/mol. The molecule has 0 saturated carbocycles. The molecule has 0 fully saturated rings. The molecule has 0 radical (unpaired) electrons. The Bertz CT molecular complexity index is 1500. The number of alkyl halides is 2. The van der Waals surface area contributed by atoms with Crippen LogP contribution >= 0.6 is 0 Å². The fourth-order valence-corrected chi connectivity index (χ4v) is 5.08. The van der Waals surface area contributed by atoms with Gasteiger partial charge in [0.15, 0.2) is 9.84 Å². The van der Waals surface area contributed by atoms with E-state index < -0.39 is 34.4 Å². The zero-order valence-electron chi connectivity index (χ0n) is 17.8. The van der Waals surface area contributed by atoms with Crippen molar-refractivity contribution in [1.29, 1.82) is 0 Å². The molecule has 0 bridgehead atoms. The second kappa shape index (κ2) is 8.14. The number of ether oxygens (including phenoxy) is 1. The lowest BCUT2D eigenvalue weighted by atomic mass is 10.0. The number of aromatic nitrogens is 2. The topological polar surface area (TPSA) is 81.4 Å². The molecule has 1 aromatic heterocycles. The number of aliphatic hydroxyl groups excluding tert-OH is 1. The van der Waals surface area contributed by atoms with Gasteiger partial charge >= 0.3 is 6.61 Å². The van der Waals surface area contributed by atoms with Crippen LogP contribution in [-0.2, 0) is 9.84 Å². The predicted molar refractivity (Wildman–Crippen MR) is 119 cm³/mol. The number of benzene rings is 3. The Balaban J connectivity index is 1.65. The molecule has 4 aromatic rings. The fraction of sp³-hybridized carbons (Fsp3) is 0.208. The van der Waals surface area contributed by atoms with Crippen molar-refractivity contribution in [2.45, 2.75) is 30.1 Å². The molecule has 1 aliphatic heterocycles. The molecule has 0 aliphatic carbocycles. The van der Waals surface area contributed by atoms with Crippen LogP contribution in [0.4, 0.5) is 13.2 Å². The maximum atomic E-state index is 15.0. The number of fused-ring (bicyclic) bond motifs is 3. The predicted octanol–water partition coefficient (Wildman–Crippen LogP) is 4.87. The van der Waals surface area contributed by atoms with E-state index in [4.69, 9.17) is 0 Å². The van der Waals surface area contributed by atoms with Crippen molar-refractivity contribution in [2.24, 2.45) is 0 Å². The molecule has 10 heteroatoms. The largest absolute Gasteiger partial charge is 0.434 e. The fourth-order valence-electron chi connectivity index (χ4n) is 4.45. The van der Waals surface area contributed by atoms with Gasteiger partial charge in [-0.3, -0.25) is 0 Å². The van der Waals surface area contributed by atoms with Gasteiger partial charge in [-0.15, -0.1) is 0 Å². The monoisotopic (exact) mass is 488 g/mol. The molecule has 2 heterocycles. The van der Waals surface area contributed by atoms with Gasteiger partial charge in [-0.2, -0.15) is 8.78 Å². The van der Waals surface area contributed by atoms with Gasteiger partial charge in [0.25, 0.3) is 0 Å². The Kier molecular flexibility index (Phi) is 5.37. The van der Waals surface area contributed by atoms with E-state index in [1.165, 1.54) is 36.4 Å². The van der Waals surface area contributed by atoms with Gasteiger partial charge in [0.1, 0.15) is 23.5 Å². The van der Waals surface area contributed by atoms with Crippen molar-refractivity contribution in [3.05, 3.63) is 77.9 Å². The van der Waals surface area contributed by atoms with Crippen LogP contribution in [0.1, 0.15) is 30.0 Å². The summed E-state index contributed by atoms with van der Waals surface area (Å²) in [5.41, 5.74) is 1.93. The molecule has 3 aromatic carbocycles. The minimum absolute atomic E-state index is 0.0110. The highest BCUT2D eigenvalue weighted by atomic mass is 32.2. The van der Waals surface area contributed by atoms with Crippen LogP contribution < -0.4 is 4.74 Å². The Morgan fingerprint density at radius 3 is 2.50 bits per heavy atom. The lowest BCUT2D eigenvalue weighted by Crippen LogP contribution is -2.10. The van der Waals surface area contributed by atoms with Crippen molar-refractivity contribution in [1.82, 2.24) is 9.55 Å². The molecule has 2 atom stereocenters. The Morgan fingerprint density at radius 1 is 1.12 bits per heavy atom. The molecule has 5 rings (SSSR count). The number of sulfone groups is 1. The van der Waals surface area contributed by atoms with Gasteiger partial charge in [-0.25, -0.2) is 17.8 Å². The molecule has 0 saturated heterocycles. The average Bonchev–Trinajstić information content (AvgIpc) is 3.29. The van der Waals surface area contributed by atoms with Crippen LogP contribution in [0.5, 0.6) is 5.75 Å². The summed E-state index contributed by atoms with van der Waals surface area (Å²) in [6.45, 7) is -3.01. The lowest BCUT2D eigenvalue weighted by molar-refractivity contribution is -0.0507. The van der Waals surface area contributed by atoms with Crippen LogP contribution in [0.2, 0.25) is 0 Å². The molecule has 0 amide bonds. The highest BCUT2D eigenvalue weighted by Gasteiger charge is 2.36. The molecule has 6 nitrogen and oxygen atoms in total. The van der Waals surface area contributed by atoms with Gasteiger partial charge in [0.2, 0.25) is 0 Å². The highest BCUT2D eigenvalue weighted by molar-refractivity contribution is 7.90. The number of imidazole rings is 1. The van der Waals surface area contributed by atoms with Crippen molar-refractivity contribution in [2.75, 3.05) is 6.26 Å². The Hall–Kier alpha value is -3.37. The van der Waals surface area contributed by atoms with E-state index in [2.05, 4.69) is 9.72 Å². The van der Waals surface area contributed by atoms with Crippen molar-refractivity contribution in [3.8, 4) is 16.9 Å². The molecule has 1 N–H and O–H groups in total. The maximum absolute atomic E-state index is 15.0. The van der Waals surface area contributed by atoms with E-state index in [9.17, 15) is 26.7 Å². The quantitative estimate of drug-likeness (QED) is 0.433. The third-order valence-electron chi connectivity index (χ3n) is 5.95. The molecular weight excluding hydrogens is 469 g/mol. The number of nitrogens with zero attached hydrogens (tertiary/aromatic N) is 2. The smallest absolute Gasteiger partial charge is 0.387 e. The second-order valence-corrected chi connectivity index (χ2v) is 10.2. The van der Waals surface area contributed by atoms with Gasteiger partial charge in [-0.05, 0) is 29.8 Å². The number of para-hydroxylation sites is 1. The maximum Gasteiger partial charge on any atom is 0.387 e. The zero-order chi connectivity index (χ0) is 24.2. The van der Waals surface area contributed by atoms with Crippen LogP contribution in [0.25, 0.3) is 22.2 Å². The molecule has 0 spiro atoms. The number of halogens is 3. The summed E-state index contributed by atoms with van der Waals surface area (Å²) in [7, 11) is -3.40. The summed E-state index contributed by atoms with van der Waals surface area (Å²) in [5, 5.41) is 10.6. The number of hydrogen-bond donors (Lipinski definition) is 1. The minimum atomic E-state index is -3.40. The van der Waals surface area contributed by atoms with Crippen molar-refractivity contribution < 1.29 is 31.4 Å². The first-order valence-corrected chi connectivity index (χ1v) is 12.3. The van der Waals surface area contributed by atoms with Crippen molar-refractivity contribution >= 4 is 20.9 Å². The van der Waals surface area contributed by atoms with E-state index in [0.717, 1.165) is 6.26 Å². The van der Waals surface area contributed by atoms with Crippen LogP contribution in [0.3, 0.4) is 0 Å². The third-order valence-corrected chi connectivity index (χ3v) is 7.08. The summed E-state index contributed by atoms with van der Waals surface area (Å²) >= 11 is 0. The minimum Gasteiger partial charge on any atom is -0.434 e.